The number of thioether (sulfide) groups is 1. The zero-order valence-electron chi connectivity index (χ0n) is 12.1. The molecule has 1 aromatic rings. The number of likely N-dealkylation sites (tertiary alicyclic amines) is 1. The smallest absolute Gasteiger partial charge is 0.310 e. The van der Waals surface area contributed by atoms with Gasteiger partial charge >= 0.3 is 5.51 Å². The van der Waals surface area contributed by atoms with Crippen LogP contribution in [0.5, 0.6) is 0 Å². The van der Waals surface area contributed by atoms with Gasteiger partial charge < -0.3 is 10.2 Å². The fraction of sp³-hybridized carbons (Fsp3) is 0.600. The van der Waals surface area contributed by atoms with Crippen molar-refractivity contribution in [2.75, 3.05) is 19.6 Å². The molecule has 0 unspecified atom stereocenters. The highest BCUT2D eigenvalue weighted by molar-refractivity contribution is 8.00. The molecule has 1 saturated heterocycles. The highest BCUT2D eigenvalue weighted by Crippen LogP contribution is 2.36. The van der Waals surface area contributed by atoms with Gasteiger partial charge in [-0.3, -0.25) is 0 Å². The van der Waals surface area contributed by atoms with E-state index in [2.05, 4.69) is 17.1 Å². The predicted octanol–water partition coefficient (Wildman–Crippen LogP) is 3.87. The fourth-order valence-corrected chi connectivity index (χ4v) is 3.06. The van der Waals surface area contributed by atoms with E-state index < -0.39 is 5.51 Å². The molecule has 0 saturated carbocycles. The molecule has 1 N–H and O–H groups in total. The van der Waals surface area contributed by atoms with Crippen LogP contribution < -0.4 is 5.32 Å². The standard InChI is InChI=1S/C15H21F3N2S/c1-2-20-9-7-13(8-10-20)19-11-12-3-5-14(6-4-12)21-15(16,17)18/h3-6,13,19H,2,7-11H2,1H3. The van der Waals surface area contributed by atoms with E-state index in [0.29, 0.717) is 12.6 Å². The summed E-state index contributed by atoms with van der Waals surface area (Å²) in [6.45, 7) is 6.23. The normalized spacial score (nSPS) is 18.1. The minimum Gasteiger partial charge on any atom is -0.310 e. The van der Waals surface area contributed by atoms with Crippen LogP contribution in [-0.4, -0.2) is 36.1 Å². The van der Waals surface area contributed by atoms with E-state index in [1.165, 1.54) is 12.1 Å². The first-order valence-electron chi connectivity index (χ1n) is 7.26. The molecule has 1 aliphatic heterocycles. The number of hydrogen-bond donors (Lipinski definition) is 1. The highest BCUT2D eigenvalue weighted by atomic mass is 32.2. The Kier molecular flexibility index (Phi) is 5.96. The van der Waals surface area contributed by atoms with Crippen molar-refractivity contribution in [3.8, 4) is 0 Å². The van der Waals surface area contributed by atoms with Gasteiger partial charge in [0.25, 0.3) is 0 Å². The summed E-state index contributed by atoms with van der Waals surface area (Å²) in [5.41, 5.74) is -3.19. The largest absolute Gasteiger partial charge is 0.446 e. The van der Waals surface area contributed by atoms with Crippen LogP contribution in [-0.2, 0) is 6.54 Å². The molecule has 2 nitrogen and oxygen atoms in total. The molecular weight excluding hydrogens is 297 g/mol. The Balaban J connectivity index is 1.76. The van der Waals surface area contributed by atoms with Crippen molar-refractivity contribution in [1.29, 1.82) is 0 Å². The van der Waals surface area contributed by atoms with Crippen LogP contribution in [0.1, 0.15) is 25.3 Å². The third kappa shape index (κ3) is 5.88. The second-order valence-electron chi connectivity index (χ2n) is 5.28. The van der Waals surface area contributed by atoms with E-state index in [1.807, 2.05) is 0 Å². The molecule has 118 valence electrons. The number of benzene rings is 1. The molecule has 0 atom stereocenters. The summed E-state index contributed by atoms with van der Waals surface area (Å²) in [5, 5.41) is 3.49. The molecule has 0 spiro atoms. The lowest BCUT2D eigenvalue weighted by Gasteiger charge is -2.31. The van der Waals surface area contributed by atoms with E-state index in [4.69, 9.17) is 0 Å². The van der Waals surface area contributed by atoms with E-state index in [9.17, 15) is 13.2 Å². The molecule has 0 amide bonds. The van der Waals surface area contributed by atoms with Gasteiger partial charge in [0.15, 0.2) is 0 Å². The number of piperidine rings is 1. The second kappa shape index (κ2) is 7.51. The number of rotatable bonds is 5. The lowest BCUT2D eigenvalue weighted by atomic mass is 10.0. The van der Waals surface area contributed by atoms with Crippen molar-refractivity contribution >= 4 is 11.8 Å². The Labute approximate surface area is 128 Å². The third-order valence-electron chi connectivity index (χ3n) is 3.79. The van der Waals surface area contributed by atoms with Gasteiger partial charge in [0.1, 0.15) is 0 Å². The Hall–Kier alpha value is -0.720. The maximum Gasteiger partial charge on any atom is 0.446 e. The Morgan fingerprint density at radius 2 is 1.81 bits per heavy atom. The van der Waals surface area contributed by atoms with Crippen molar-refractivity contribution in [2.45, 2.75) is 42.8 Å². The van der Waals surface area contributed by atoms with E-state index in [1.54, 1.807) is 12.1 Å². The van der Waals surface area contributed by atoms with Crippen molar-refractivity contribution in [3.05, 3.63) is 29.8 Å². The summed E-state index contributed by atoms with van der Waals surface area (Å²) in [5.74, 6) is 0. The quantitative estimate of drug-likeness (QED) is 0.830. The first kappa shape index (κ1) is 16.6. The summed E-state index contributed by atoms with van der Waals surface area (Å²) < 4.78 is 36.7. The summed E-state index contributed by atoms with van der Waals surface area (Å²) >= 11 is -0.0676. The molecule has 6 heteroatoms. The van der Waals surface area contributed by atoms with Crippen molar-refractivity contribution in [2.24, 2.45) is 0 Å². The van der Waals surface area contributed by atoms with E-state index in [-0.39, 0.29) is 16.7 Å². The zero-order valence-corrected chi connectivity index (χ0v) is 12.9. The minimum absolute atomic E-state index is 0.0676. The van der Waals surface area contributed by atoms with Gasteiger partial charge in [0.2, 0.25) is 0 Å². The molecule has 1 aromatic carbocycles. The van der Waals surface area contributed by atoms with Crippen molar-refractivity contribution in [1.82, 2.24) is 10.2 Å². The van der Waals surface area contributed by atoms with Crippen LogP contribution in [0, 0.1) is 0 Å². The summed E-state index contributed by atoms with van der Waals surface area (Å²) in [7, 11) is 0. The average molecular weight is 318 g/mol. The predicted molar refractivity (Wildman–Crippen MR) is 80.3 cm³/mol. The maximum absolute atomic E-state index is 12.2. The zero-order chi connectivity index (χ0) is 15.3. The monoisotopic (exact) mass is 318 g/mol. The van der Waals surface area contributed by atoms with E-state index >= 15 is 0 Å². The Bertz CT molecular complexity index is 426. The van der Waals surface area contributed by atoms with Gasteiger partial charge in [0.05, 0.1) is 0 Å². The van der Waals surface area contributed by atoms with Crippen LogP contribution in [0.25, 0.3) is 0 Å². The average Bonchev–Trinajstić information content (AvgIpc) is 2.45. The molecule has 1 aliphatic rings. The van der Waals surface area contributed by atoms with Crippen LogP contribution in [0.2, 0.25) is 0 Å². The van der Waals surface area contributed by atoms with Crippen LogP contribution in [0.15, 0.2) is 29.2 Å². The number of alkyl halides is 3. The van der Waals surface area contributed by atoms with Gasteiger partial charge in [-0.25, -0.2) is 0 Å². The molecule has 0 radical (unpaired) electrons. The van der Waals surface area contributed by atoms with E-state index in [0.717, 1.165) is 38.0 Å². The molecule has 0 bridgehead atoms. The lowest BCUT2D eigenvalue weighted by Crippen LogP contribution is -2.42. The second-order valence-corrected chi connectivity index (χ2v) is 6.42. The van der Waals surface area contributed by atoms with Crippen LogP contribution >= 0.6 is 11.8 Å². The number of hydrogen-bond acceptors (Lipinski definition) is 3. The molecule has 0 aromatic heterocycles. The molecular formula is C15H21F3N2S. The van der Waals surface area contributed by atoms with Crippen molar-refractivity contribution in [3.63, 3.8) is 0 Å². The molecule has 2 rings (SSSR count). The fourth-order valence-electron chi connectivity index (χ4n) is 2.52. The van der Waals surface area contributed by atoms with Crippen LogP contribution in [0.3, 0.4) is 0 Å². The molecule has 21 heavy (non-hydrogen) atoms. The molecule has 1 fully saturated rings. The summed E-state index contributed by atoms with van der Waals surface area (Å²) in [6, 6.07) is 7.12. The van der Waals surface area contributed by atoms with Crippen molar-refractivity contribution < 1.29 is 13.2 Å². The first-order chi connectivity index (χ1) is 9.96. The van der Waals surface area contributed by atoms with Gasteiger partial charge in [-0.2, -0.15) is 13.2 Å². The third-order valence-corrected chi connectivity index (χ3v) is 4.53. The number of nitrogens with one attached hydrogen (secondary N) is 1. The van der Waals surface area contributed by atoms with Gasteiger partial charge in [-0.15, -0.1) is 0 Å². The number of nitrogens with zero attached hydrogens (tertiary/aromatic N) is 1. The maximum atomic E-state index is 12.2. The molecule has 1 heterocycles. The number of halogens is 3. The first-order valence-corrected chi connectivity index (χ1v) is 8.08. The van der Waals surface area contributed by atoms with Gasteiger partial charge in [-0.05, 0) is 61.9 Å². The van der Waals surface area contributed by atoms with Gasteiger partial charge in [0, 0.05) is 17.5 Å². The molecule has 0 aliphatic carbocycles. The van der Waals surface area contributed by atoms with Crippen LogP contribution in [0.4, 0.5) is 13.2 Å². The Morgan fingerprint density at radius 3 is 2.33 bits per heavy atom. The SMILES string of the molecule is CCN1CCC(NCc2ccc(SC(F)(F)F)cc2)CC1. The summed E-state index contributed by atoms with van der Waals surface area (Å²) in [6.07, 6.45) is 2.27. The minimum atomic E-state index is -4.22. The van der Waals surface area contributed by atoms with Gasteiger partial charge in [-0.1, -0.05) is 19.1 Å². The highest BCUT2D eigenvalue weighted by Gasteiger charge is 2.29. The topological polar surface area (TPSA) is 15.3 Å². The summed E-state index contributed by atoms with van der Waals surface area (Å²) in [4.78, 5) is 2.67. The Morgan fingerprint density at radius 1 is 1.19 bits per heavy atom. The lowest BCUT2D eigenvalue weighted by molar-refractivity contribution is -0.0328.